The standard InChI is InChI=1S/C17H27N3O4/c1-12(19-6-8-24-9-7-19)10-18-15(21)11-20-16(22)13-4-2-3-5-14(13)17(20)23/h12-14H,2-11H2,1H3,(H,18,21)/t12-,13-,14+/m1/s1. The van der Waals surface area contributed by atoms with E-state index in [4.69, 9.17) is 4.74 Å². The van der Waals surface area contributed by atoms with Gasteiger partial charge in [-0.2, -0.15) is 0 Å². The van der Waals surface area contributed by atoms with Crippen molar-refractivity contribution in [3.63, 3.8) is 0 Å². The van der Waals surface area contributed by atoms with Gasteiger partial charge in [-0.3, -0.25) is 24.2 Å². The molecule has 0 aromatic carbocycles. The molecule has 7 nitrogen and oxygen atoms in total. The zero-order valence-electron chi connectivity index (χ0n) is 14.3. The van der Waals surface area contributed by atoms with Gasteiger partial charge < -0.3 is 10.1 Å². The highest BCUT2D eigenvalue weighted by molar-refractivity contribution is 6.07. The number of carbonyl (C=O) groups is 3. The Hall–Kier alpha value is -1.47. The quantitative estimate of drug-likeness (QED) is 0.715. The zero-order valence-corrected chi connectivity index (χ0v) is 14.3. The molecule has 2 aliphatic heterocycles. The van der Waals surface area contributed by atoms with Gasteiger partial charge in [0.15, 0.2) is 0 Å². The molecule has 3 aliphatic rings. The third-order valence-electron chi connectivity index (χ3n) is 5.50. The maximum Gasteiger partial charge on any atom is 0.240 e. The van der Waals surface area contributed by atoms with Crippen molar-refractivity contribution in [2.45, 2.75) is 38.6 Å². The van der Waals surface area contributed by atoms with E-state index in [1.165, 1.54) is 4.90 Å². The Labute approximate surface area is 142 Å². The first kappa shape index (κ1) is 17.4. The van der Waals surface area contributed by atoms with Gasteiger partial charge in [0, 0.05) is 25.7 Å². The number of nitrogens with zero attached hydrogens (tertiary/aromatic N) is 2. The Morgan fingerprint density at radius 3 is 2.33 bits per heavy atom. The predicted molar refractivity (Wildman–Crippen MR) is 87.0 cm³/mol. The average Bonchev–Trinajstić information content (AvgIpc) is 2.86. The predicted octanol–water partition coefficient (Wildman–Crippen LogP) is -0.00150. The molecule has 1 saturated carbocycles. The molecule has 0 bridgehead atoms. The fraction of sp³-hybridized carbons (Fsp3) is 0.824. The number of hydrogen-bond donors (Lipinski definition) is 1. The summed E-state index contributed by atoms with van der Waals surface area (Å²) in [5.74, 6) is -0.935. The summed E-state index contributed by atoms with van der Waals surface area (Å²) in [5.41, 5.74) is 0. The fourth-order valence-electron chi connectivity index (χ4n) is 4.00. The molecule has 3 rings (SSSR count). The minimum absolute atomic E-state index is 0.138. The second-order valence-corrected chi connectivity index (χ2v) is 7.06. The van der Waals surface area contributed by atoms with Crippen molar-refractivity contribution in [2.24, 2.45) is 11.8 Å². The number of nitrogens with one attached hydrogen (secondary N) is 1. The number of likely N-dealkylation sites (tertiary alicyclic amines) is 1. The highest BCUT2D eigenvalue weighted by Crippen LogP contribution is 2.37. The van der Waals surface area contributed by atoms with Gasteiger partial charge in [-0.05, 0) is 19.8 Å². The molecule has 134 valence electrons. The summed E-state index contributed by atoms with van der Waals surface area (Å²) in [5, 5.41) is 2.86. The molecule has 3 fully saturated rings. The van der Waals surface area contributed by atoms with E-state index in [1.807, 2.05) is 0 Å². The molecule has 3 amide bonds. The lowest BCUT2D eigenvalue weighted by Crippen LogP contribution is -2.49. The molecular formula is C17H27N3O4. The normalized spacial score (nSPS) is 29.5. The van der Waals surface area contributed by atoms with Crippen LogP contribution in [0.15, 0.2) is 0 Å². The first-order valence-corrected chi connectivity index (χ1v) is 9.01. The maximum atomic E-state index is 12.4. The Kier molecular flexibility index (Phi) is 5.50. The summed E-state index contributed by atoms with van der Waals surface area (Å²) in [4.78, 5) is 40.4. The van der Waals surface area contributed by atoms with Crippen molar-refractivity contribution in [3.05, 3.63) is 0 Å². The molecule has 3 atom stereocenters. The van der Waals surface area contributed by atoms with Crippen molar-refractivity contribution < 1.29 is 19.1 Å². The zero-order chi connectivity index (χ0) is 17.1. The molecule has 1 N–H and O–H groups in total. The number of amides is 3. The monoisotopic (exact) mass is 337 g/mol. The van der Waals surface area contributed by atoms with Crippen LogP contribution in [0.3, 0.4) is 0 Å². The van der Waals surface area contributed by atoms with Crippen LogP contribution < -0.4 is 5.32 Å². The van der Waals surface area contributed by atoms with Gasteiger partial charge >= 0.3 is 0 Å². The highest BCUT2D eigenvalue weighted by Gasteiger charge is 2.48. The molecule has 7 heteroatoms. The van der Waals surface area contributed by atoms with Gasteiger partial charge in [-0.15, -0.1) is 0 Å². The molecule has 0 spiro atoms. The van der Waals surface area contributed by atoms with Gasteiger partial charge in [0.25, 0.3) is 0 Å². The molecule has 0 aromatic rings. The second-order valence-electron chi connectivity index (χ2n) is 7.06. The summed E-state index contributed by atoms with van der Waals surface area (Å²) in [7, 11) is 0. The number of ether oxygens (including phenoxy) is 1. The van der Waals surface area contributed by atoms with Crippen molar-refractivity contribution in [3.8, 4) is 0 Å². The van der Waals surface area contributed by atoms with Gasteiger partial charge in [0.05, 0.1) is 25.0 Å². The van der Waals surface area contributed by atoms with Crippen LogP contribution in [0.5, 0.6) is 0 Å². The molecular weight excluding hydrogens is 310 g/mol. The summed E-state index contributed by atoms with van der Waals surface area (Å²) in [6.07, 6.45) is 3.55. The molecule has 2 saturated heterocycles. The first-order valence-electron chi connectivity index (χ1n) is 9.01. The lowest BCUT2D eigenvalue weighted by atomic mass is 9.81. The number of fused-ring (bicyclic) bond motifs is 1. The summed E-state index contributed by atoms with van der Waals surface area (Å²) >= 11 is 0. The van der Waals surface area contributed by atoms with E-state index in [9.17, 15) is 14.4 Å². The van der Waals surface area contributed by atoms with Crippen LogP contribution in [0.25, 0.3) is 0 Å². The SMILES string of the molecule is C[C@H](CNC(=O)CN1C(=O)[C@H]2CCCC[C@H]2C1=O)N1CCOCC1. The summed E-state index contributed by atoms with van der Waals surface area (Å²) in [6, 6.07) is 0.213. The topological polar surface area (TPSA) is 79.0 Å². The van der Waals surface area contributed by atoms with Gasteiger partial charge in [-0.1, -0.05) is 12.8 Å². The Bertz CT molecular complexity index is 480. The van der Waals surface area contributed by atoms with Crippen LogP contribution in [0.4, 0.5) is 0 Å². The maximum absolute atomic E-state index is 12.4. The minimum Gasteiger partial charge on any atom is -0.379 e. The van der Waals surface area contributed by atoms with Crippen molar-refractivity contribution in [2.75, 3.05) is 39.4 Å². The van der Waals surface area contributed by atoms with E-state index < -0.39 is 0 Å². The first-order chi connectivity index (χ1) is 11.6. The van der Waals surface area contributed by atoms with Crippen molar-refractivity contribution >= 4 is 17.7 Å². The average molecular weight is 337 g/mol. The largest absolute Gasteiger partial charge is 0.379 e. The van der Waals surface area contributed by atoms with E-state index in [2.05, 4.69) is 17.1 Å². The third-order valence-corrected chi connectivity index (χ3v) is 5.50. The molecule has 0 radical (unpaired) electrons. The number of imide groups is 1. The highest BCUT2D eigenvalue weighted by atomic mass is 16.5. The Morgan fingerprint density at radius 2 is 1.75 bits per heavy atom. The van der Waals surface area contributed by atoms with Crippen LogP contribution in [0, 0.1) is 11.8 Å². The van der Waals surface area contributed by atoms with Gasteiger partial charge in [0.1, 0.15) is 6.54 Å². The Morgan fingerprint density at radius 1 is 1.17 bits per heavy atom. The number of morpholine rings is 1. The van der Waals surface area contributed by atoms with Crippen molar-refractivity contribution in [1.82, 2.24) is 15.1 Å². The lowest BCUT2D eigenvalue weighted by molar-refractivity contribution is -0.143. The number of rotatable bonds is 5. The smallest absolute Gasteiger partial charge is 0.240 e. The summed E-state index contributed by atoms with van der Waals surface area (Å²) in [6.45, 7) is 5.61. The molecule has 0 unspecified atom stereocenters. The van der Waals surface area contributed by atoms with Crippen LogP contribution in [-0.4, -0.2) is 73.0 Å². The second kappa shape index (κ2) is 7.61. The fourth-order valence-corrected chi connectivity index (χ4v) is 4.00. The van der Waals surface area contributed by atoms with Crippen LogP contribution >= 0.6 is 0 Å². The molecule has 1 aliphatic carbocycles. The van der Waals surface area contributed by atoms with Crippen LogP contribution in [0.1, 0.15) is 32.6 Å². The number of carbonyl (C=O) groups excluding carboxylic acids is 3. The van der Waals surface area contributed by atoms with E-state index >= 15 is 0 Å². The van der Waals surface area contributed by atoms with Gasteiger partial charge in [0.2, 0.25) is 17.7 Å². The lowest BCUT2D eigenvalue weighted by Gasteiger charge is -2.32. The van der Waals surface area contributed by atoms with Crippen LogP contribution in [-0.2, 0) is 19.1 Å². The molecule has 0 aromatic heterocycles. The van der Waals surface area contributed by atoms with E-state index in [1.54, 1.807) is 0 Å². The van der Waals surface area contributed by atoms with E-state index in [-0.39, 0.29) is 42.1 Å². The Balaban J connectivity index is 1.47. The van der Waals surface area contributed by atoms with E-state index in [0.717, 1.165) is 52.0 Å². The third kappa shape index (κ3) is 3.62. The van der Waals surface area contributed by atoms with Crippen molar-refractivity contribution in [1.29, 1.82) is 0 Å². The molecule has 2 heterocycles. The minimum atomic E-state index is -0.254. The van der Waals surface area contributed by atoms with Crippen LogP contribution in [0.2, 0.25) is 0 Å². The van der Waals surface area contributed by atoms with Gasteiger partial charge in [-0.25, -0.2) is 0 Å². The molecule has 24 heavy (non-hydrogen) atoms. The number of hydrogen-bond acceptors (Lipinski definition) is 5. The summed E-state index contributed by atoms with van der Waals surface area (Å²) < 4.78 is 5.32. The van der Waals surface area contributed by atoms with E-state index in [0.29, 0.717) is 6.54 Å².